The fourth-order valence-electron chi connectivity index (χ4n) is 0.963. The van der Waals surface area contributed by atoms with Gasteiger partial charge in [0, 0.05) is 4.91 Å². The third-order valence-electron chi connectivity index (χ3n) is 1.54. The number of azide groups is 1. The fraction of sp³-hybridized carbons (Fsp3) is 0.250. The summed E-state index contributed by atoms with van der Waals surface area (Å²) in [6.45, 7) is 0.0164. The van der Waals surface area contributed by atoms with Crippen LogP contribution in [0.4, 0.5) is 13.2 Å². The van der Waals surface area contributed by atoms with Crippen molar-refractivity contribution in [2.24, 2.45) is 5.11 Å². The SMILES string of the molecule is [N-]=[N+]=NCc1ccc(OC(F)(F)F)c(Cl)c1. The lowest BCUT2D eigenvalue weighted by Crippen LogP contribution is -2.17. The van der Waals surface area contributed by atoms with Gasteiger partial charge in [-0.25, -0.2) is 0 Å². The van der Waals surface area contributed by atoms with E-state index in [9.17, 15) is 13.2 Å². The van der Waals surface area contributed by atoms with Gasteiger partial charge in [0.2, 0.25) is 0 Å². The Balaban J connectivity index is 2.87. The summed E-state index contributed by atoms with van der Waals surface area (Å²) in [5, 5.41) is 3.05. The van der Waals surface area contributed by atoms with E-state index in [4.69, 9.17) is 17.1 Å². The molecule has 1 rings (SSSR count). The summed E-state index contributed by atoms with van der Waals surface area (Å²) in [6, 6.07) is 3.65. The van der Waals surface area contributed by atoms with E-state index in [2.05, 4.69) is 14.8 Å². The van der Waals surface area contributed by atoms with Crippen LogP contribution in [0, 0.1) is 0 Å². The quantitative estimate of drug-likeness (QED) is 0.454. The van der Waals surface area contributed by atoms with Crippen LogP contribution >= 0.6 is 11.6 Å². The minimum Gasteiger partial charge on any atom is -0.404 e. The highest BCUT2D eigenvalue weighted by Crippen LogP contribution is 2.30. The summed E-state index contributed by atoms with van der Waals surface area (Å²) in [7, 11) is 0. The van der Waals surface area contributed by atoms with Gasteiger partial charge in [0.05, 0.1) is 11.6 Å². The fourth-order valence-corrected chi connectivity index (χ4v) is 1.21. The molecule has 0 aliphatic rings. The van der Waals surface area contributed by atoms with Crippen LogP contribution in [-0.4, -0.2) is 6.36 Å². The number of ether oxygens (including phenoxy) is 1. The van der Waals surface area contributed by atoms with E-state index in [1.54, 1.807) is 0 Å². The summed E-state index contributed by atoms with van der Waals surface area (Å²) >= 11 is 5.55. The number of nitrogens with zero attached hydrogens (tertiary/aromatic N) is 3. The molecule has 1 aromatic rings. The highest BCUT2D eigenvalue weighted by molar-refractivity contribution is 6.32. The highest BCUT2D eigenvalue weighted by atomic mass is 35.5. The molecule has 0 aromatic heterocycles. The third-order valence-corrected chi connectivity index (χ3v) is 1.83. The summed E-state index contributed by atoms with van der Waals surface area (Å²) in [5.74, 6) is -0.487. The molecule has 0 spiro atoms. The maximum absolute atomic E-state index is 11.9. The first-order chi connectivity index (χ1) is 7.42. The van der Waals surface area contributed by atoms with Crippen molar-refractivity contribution in [3.8, 4) is 5.75 Å². The molecular formula is C8H5ClF3N3O. The van der Waals surface area contributed by atoms with Crippen molar-refractivity contribution in [1.82, 2.24) is 0 Å². The second-order valence-electron chi connectivity index (χ2n) is 2.70. The zero-order valence-electron chi connectivity index (χ0n) is 7.70. The van der Waals surface area contributed by atoms with Crippen LogP contribution in [0.1, 0.15) is 5.56 Å². The van der Waals surface area contributed by atoms with Crippen LogP contribution in [0.2, 0.25) is 5.02 Å². The van der Waals surface area contributed by atoms with Crippen LogP contribution in [0.25, 0.3) is 10.4 Å². The third kappa shape index (κ3) is 3.88. The minimum absolute atomic E-state index is 0.0164. The van der Waals surface area contributed by atoms with E-state index >= 15 is 0 Å². The molecule has 8 heteroatoms. The molecule has 1 aromatic carbocycles. The first-order valence-corrected chi connectivity index (χ1v) is 4.35. The summed E-state index contributed by atoms with van der Waals surface area (Å²) in [4.78, 5) is 2.51. The molecule has 0 unspecified atom stereocenters. The smallest absolute Gasteiger partial charge is 0.404 e. The number of halogens is 4. The first kappa shape index (κ1) is 12.5. The van der Waals surface area contributed by atoms with Gasteiger partial charge in [-0.2, -0.15) is 0 Å². The summed E-state index contributed by atoms with van der Waals surface area (Å²) < 4.78 is 39.3. The monoisotopic (exact) mass is 251 g/mol. The largest absolute Gasteiger partial charge is 0.573 e. The van der Waals surface area contributed by atoms with Crippen molar-refractivity contribution >= 4 is 11.6 Å². The zero-order chi connectivity index (χ0) is 12.2. The Kier molecular flexibility index (Phi) is 3.87. The van der Waals surface area contributed by atoms with Crippen LogP contribution in [-0.2, 0) is 6.54 Å². The average Bonchev–Trinajstić information content (AvgIpc) is 2.17. The Bertz CT molecular complexity index is 429. The molecule has 0 amide bonds. The van der Waals surface area contributed by atoms with Gasteiger partial charge in [0.25, 0.3) is 0 Å². The topological polar surface area (TPSA) is 58.0 Å². The molecule has 0 aliphatic heterocycles. The summed E-state index contributed by atoms with van der Waals surface area (Å²) in [6.07, 6.45) is -4.78. The van der Waals surface area contributed by atoms with Crippen LogP contribution in [0.3, 0.4) is 0 Å². The molecule has 16 heavy (non-hydrogen) atoms. The maximum atomic E-state index is 11.9. The van der Waals surface area contributed by atoms with Gasteiger partial charge in [-0.15, -0.1) is 13.2 Å². The van der Waals surface area contributed by atoms with E-state index in [0.717, 1.165) is 6.07 Å². The zero-order valence-corrected chi connectivity index (χ0v) is 8.46. The summed E-state index contributed by atoms with van der Waals surface area (Å²) in [5.41, 5.74) is 8.55. The lowest BCUT2D eigenvalue weighted by molar-refractivity contribution is -0.274. The number of rotatable bonds is 3. The van der Waals surface area contributed by atoms with Crippen molar-refractivity contribution in [2.45, 2.75) is 12.9 Å². The Morgan fingerprint density at radius 2 is 2.12 bits per heavy atom. The van der Waals surface area contributed by atoms with Crippen LogP contribution in [0.15, 0.2) is 23.3 Å². The van der Waals surface area contributed by atoms with E-state index in [-0.39, 0.29) is 11.6 Å². The normalized spacial score (nSPS) is 10.8. The Morgan fingerprint density at radius 3 is 2.62 bits per heavy atom. The number of benzene rings is 1. The van der Waals surface area contributed by atoms with Crippen molar-refractivity contribution in [2.75, 3.05) is 0 Å². The molecule has 0 atom stereocenters. The second-order valence-corrected chi connectivity index (χ2v) is 3.11. The average molecular weight is 252 g/mol. The predicted molar refractivity (Wildman–Crippen MR) is 51.0 cm³/mol. The molecule has 0 heterocycles. The Morgan fingerprint density at radius 1 is 1.44 bits per heavy atom. The van der Waals surface area contributed by atoms with Gasteiger partial charge in [-0.3, -0.25) is 0 Å². The van der Waals surface area contributed by atoms with Crippen LogP contribution < -0.4 is 4.74 Å². The lowest BCUT2D eigenvalue weighted by atomic mass is 10.2. The molecule has 0 fully saturated rings. The molecule has 0 saturated carbocycles. The Hall–Kier alpha value is -1.59. The van der Waals surface area contributed by atoms with Crippen molar-refractivity contribution < 1.29 is 17.9 Å². The molecular weight excluding hydrogens is 247 g/mol. The number of alkyl halides is 3. The lowest BCUT2D eigenvalue weighted by Gasteiger charge is -2.10. The van der Waals surface area contributed by atoms with Gasteiger partial charge in [0.15, 0.2) is 0 Å². The van der Waals surface area contributed by atoms with Gasteiger partial charge >= 0.3 is 6.36 Å². The van der Waals surface area contributed by atoms with Crippen molar-refractivity contribution in [1.29, 1.82) is 0 Å². The standard InChI is InChI=1S/C8H5ClF3N3O/c9-6-3-5(4-14-15-13)1-2-7(6)16-8(10,11)12/h1-3H,4H2. The molecule has 0 saturated heterocycles. The highest BCUT2D eigenvalue weighted by Gasteiger charge is 2.31. The molecule has 0 radical (unpaired) electrons. The molecule has 4 nitrogen and oxygen atoms in total. The Labute approximate surface area is 93.2 Å². The van der Waals surface area contributed by atoms with E-state index in [1.807, 2.05) is 0 Å². The van der Waals surface area contributed by atoms with Gasteiger partial charge in [-0.1, -0.05) is 22.8 Å². The predicted octanol–water partition coefficient (Wildman–Crippen LogP) is 4.05. The molecule has 0 aliphatic carbocycles. The number of hydrogen-bond donors (Lipinski definition) is 0. The van der Waals surface area contributed by atoms with Gasteiger partial charge < -0.3 is 4.74 Å². The van der Waals surface area contributed by atoms with E-state index in [0.29, 0.717) is 5.56 Å². The van der Waals surface area contributed by atoms with Crippen molar-refractivity contribution in [3.05, 3.63) is 39.2 Å². The van der Waals surface area contributed by atoms with Gasteiger partial charge in [0.1, 0.15) is 5.75 Å². The minimum atomic E-state index is -4.78. The molecule has 0 bridgehead atoms. The van der Waals surface area contributed by atoms with Gasteiger partial charge in [-0.05, 0) is 23.2 Å². The number of hydrogen-bond acceptors (Lipinski definition) is 2. The maximum Gasteiger partial charge on any atom is 0.573 e. The second kappa shape index (κ2) is 4.96. The first-order valence-electron chi connectivity index (χ1n) is 3.97. The van der Waals surface area contributed by atoms with E-state index in [1.165, 1.54) is 12.1 Å². The van der Waals surface area contributed by atoms with Crippen LogP contribution in [0.5, 0.6) is 5.75 Å². The molecule has 0 N–H and O–H groups in total. The van der Waals surface area contributed by atoms with Crippen molar-refractivity contribution in [3.63, 3.8) is 0 Å². The molecule has 86 valence electrons. The van der Waals surface area contributed by atoms with E-state index < -0.39 is 12.1 Å².